The lowest BCUT2D eigenvalue weighted by Gasteiger charge is -2.36. The molecule has 3 nitrogen and oxygen atoms in total. The summed E-state index contributed by atoms with van der Waals surface area (Å²) in [5, 5.41) is 8.85. The monoisotopic (exact) mass is 311 g/mol. The Kier molecular flexibility index (Phi) is 6.12. The van der Waals surface area contributed by atoms with Crippen LogP contribution in [-0.2, 0) is 13.5 Å². The Hall–Kier alpha value is -0.540. The first-order valence-corrected chi connectivity index (χ1v) is 8.83. The van der Waals surface area contributed by atoms with E-state index in [0.717, 1.165) is 48.1 Å². The van der Waals surface area contributed by atoms with Crippen molar-refractivity contribution >= 4 is 11.6 Å². The first-order chi connectivity index (χ1) is 10.1. The Bertz CT molecular complexity index is 455. The summed E-state index contributed by atoms with van der Waals surface area (Å²) in [6.07, 6.45) is 6.49. The summed E-state index contributed by atoms with van der Waals surface area (Å²) in [4.78, 5) is 0. The molecule has 1 aliphatic rings. The molecule has 3 atom stereocenters. The van der Waals surface area contributed by atoms with Crippen LogP contribution in [0.15, 0.2) is 0 Å². The van der Waals surface area contributed by atoms with Crippen LogP contribution in [0.25, 0.3) is 0 Å². The highest BCUT2D eigenvalue weighted by molar-refractivity contribution is 6.30. The predicted molar refractivity (Wildman–Crippen MR) is 89.8 cm³/mol. The fourth-order valence-electron chi connectivity index (χ4n) is 3.81. The van der Waals surface area contributed by atoms with Gasteiger partial charge in [-0.05, 0) is 57.0 Å². The van der Waals surface area contributed by atoms with Crippen LogP contribution >= 0.6 is 11.6 Å². The maximum atomic E-state index is 6.44. The van der Waals surface area contributed by atoms with E-state index in [1.54, 1.807) is 0 Å². The molecule has 0 aromatic carbocycles. The lowest BCUT2D eigenvalue weighted by atomic mass is 9.71. The van der Waals surface area contributed by atoms with Gasteiger partial charge >= 0.3 is 0 Å². The van der Waals surface area contributed by atoms with Crippen LogP contribution < -0.4 is 5.32 Å². The molecule has 120 valence electrons. The van der Waals surface area contributed by atoms with Gasteiger partial charge in [0.15, 0.2) is 0 Å². The van der Waals surface area contributed by atoms with Crippen LogP contribution in [0, 0.1) is 24.7 Å². The average Bonchev–Trinajstić information content (AvgIpc) is 2.72. The SMILES string of the molecule is CCNCC1CCC(CC)CC1Cc1c(C)nn(C)c1Cl. The van der Waals surface area contributed by atoms with E-state index in [-0.39, 0.29) is 0 Å². The third kappa shape index (κ3) is 4.01. The van der Waals surface area contributed by atoms with Gasteiger partial charge < -0.3 is 5.32 Å². The largest absolute Gasteiger partial charge is 0.317 e. The Morgan fingerprint density at radius 3 is 2.62 bits per heavy atom. The van der Waals surface area contributed by atoms with Gasteiger partial charge in [0.1, 0.15) is 5.15 Å². The highest BCUT2D eigenvalue weighted by Gasteiger charge is 2.31. The maximum Gasteiger partial charge on any atom is 0.130 e. The number of rotatable bonds is 6. The van der Waals surface area contributed by atoms with Gasteiger partial charge in [0.2, 0.25) is 0 Å². The van der Waals surface area contributed by atoms with Gasteiger partial charge in [-0.1, -0.05) is 38.3 Å². The number of aromatic nitrogens is 2. The topological polar surface area (TPSA) is 29.9 Å². The molecular formula is C17H30ClN3. The molecule has 0 spiro atoms. The van der Waals surface area contributed by atoms with Gasteiger partial charge in [0.25, 0.3) is 0 Å². The molecule has 21 heavy (non-hydrogen) atoms. The van der Waals surface area contributed by atoms with E-state index in [1.165, 1.54) is 31.2 Å². The molecule has 4 heteroatoms. The summed E-state index contributed by atoms with van der Waals surface area (Å²) in [5.74, 6) is 2.41. The number of hydrogen-bond acceptors (Lipinski definition) is 2. The summed E-state index contributed by atoms with van der Waals surface area (Å²) < 4.78 is 1.81. The second-order valence-electron chi connectivity index (χ2n) is 6.60. The van der Waals surface area contributed by atoms with Crippen molar-refractivity contribution in [3.05, 3.63) is 16.4 Å². The smallest absolute Gasteiger partial charge is 0.130 e. The van der Waals surface area contributed by atoms with Crippen molar-refractivity contribution in [3.63, 3.8) is 0 Å². The molecule has 1 aromatic heterocycles. The minimum Gasteiger partial charge on any atom is -0.317 e. The molecule has 1 fully saturated rings. The number of nitrogens with zero attached hydrogens (tertiary/aromatic N) is 2. The summed E-state index contributed by atoms with van der Waals surface area (Å²) in [6.45, 7) is 8.81. The van der Waals surface area contributed by atoms with Gasteiger partial charge in [-0.3, -0.25) is 4.68 Å². The zero-order valence-corrected chi connectivity index (χ0v) is 14.7. The van der Waals surface area contributed by atoms with Crippen LogP contribution in [0.2, 0.25) is 5.15 Å². The Balaban J connectivity index is 2.11. The molecule has 0 aliphatic heterocycles. The zero-order valence-electron chi connectivity index (χ0n) is 14.0. The van der Waals surface area contributed by atoms with Crippen molar-refractivity contribution in [1.29, 1.82) is 0 Å². The van der Waals surface area contributed by atoms with Crippen LogP contribution in [0.1, 0.15) is 50.8 Å². The Labute approximate surface area is 134 Å². The number of hydrogen-bond donors (Lipinski definition) is 1. The molecule has 3 unspecified atom stereocenters. The summed E-state index contributed by atoms with van der Waals surface area (Å²) in [5.41, 5.74) is 2.37. The van der Waals surface area contributed by atoms with E-state index in [0.29, 0.717) is 0 Å². The summed E-state index contributed by atoms with van der Waals surface area (Å²) in [6, 6.07) is 0. The molecule has 0 saturated heterocycles. The van der Waals surface area contributed by atoms with Crippen molar-refractivity contribution in [3.8, 4) is 0 Å². The Morgan fingerprint density at radius 1 is 1.29 bits per heavy atom. The number of nitrogens with one attached hydrogen (secondary N) is 1. The summed E-state index contributed by atoms with van der Waals surface area (Å²) in [7, 11) is 1.94. The molecule has 1 saturated carbocycles. The Morgan fingerprint density at radius 2 is 2.05 bits per heavy atom. The fourth-order valence-corrected chi connectivity index (χ4v) is 4.06. The predicted octanol–water partition coefficient (Wildman–Crippen LogP) is 3.98. The molecule has 0 radical (unpaired) electrons. The molecule has 1 aromatic rings. The first-order valence-electron chi connectivity index (χ1n) is 8.45. The van der Waals surface area contributed by atoms with Crippen molar-refractivity contribution in [2.24, 2.45) is 24.8 Å². The third-order valence-electron chi connectivity index (χ3n) is 5.22. The van der Waals surface area contributed by atoms with E-state index in [1.807, 2.05) is 11.7 Å². The van der Waals surface area contributed by atoms with Crippen LogP contribution in [-0.4, -0.2) is 22.9 Å². The normalized spacial score (nSPS) is 26.2. The molecule has 1 aliphatic carbocycles. The lowest BCUT2D eigenvalue weighted by Crippen LogP contribution is -2.34. The van der Waals surface area contributed by atoms with E-state index in [4.69, 9.17) is 11.6 Å². The maximum absolute atomic E-state index is 6.44. The number of halogens is 1. The van der Waals surface area contributed by atoms with Gasteiger partial charge in [-0.15, -0.1) is 0 Å². The van der Waals surface area contributed by atoms with Crippen LogP contribution in [0.3, 0.4) is 0 Å². The summed E-state index contributed by atoms with van der Waals surface area (Å²) >= 11 is 6.44. The minimum absolute atomic E-state index is 0.739. The third-order valence-corrected chi connectivity index (χ3v) is 5.69. The zero-order chi connectivity index (χ0) is 15.4. The van der Waals surface area contributed by atoms with E-state index in [9.17, 15) is 0 Å². The van der Waals surface area contributed by atoms with Crippen molar-refractivity contribution in [2.45, 2.75) is 52.9 Å². The average molecular weight is 312 g/mol. The molecule has 2 rings (SSSR count). The lowest BCUT2D eigenvalue weighted by molar-refractivity contribution is 0.172. The molecule has 0 bridgehead atoms. The first kappa shape index (κ1) is 16.8. The molecule has 1 heterocycles. The second kappa shape index (κ2) is 7.64. The van der Waals surface area contributed by atoms with Crippen LogP contribution in [0.4, 0.5) is 0 Å². The van der Waals surface area contributed by atoms with Crippen molar-refractivity contribution in [2.75, 3.05) is 13.1 Å². The fraction of sp³-hybridized carbons (Fsp3) is 0.824. The number of aryl methyl sites for hydroxylation is 2. The van der Waals surface area contributed by atoms with Crippen molar-refractivity contribution in [1.82, 2.24) is 15.1 Å². The molecule has 1 N–H and O–H groups in total. The van der Waals surface area contributed by atoms with Gasteiger partial charge in [0.05, 0.1) is 5.69 Å². The van der Waals surface area contributed by atoms with E-state index in [2.05, 4.69) is 31.2 Å². The molecular weight excluding hydrogens is 282 g/mol. The second-order valence-corrected chi connectivity index (χ2v) is 6.96. The minimum atomic E-state index is 0.739. The van der Waals surface area contributed by atoms with Crippen molar-refractivity contribution < 1.29 is 0 Å². The van der Waals surface area contributed by atoms with E-state index >= 15 is 0 Å². The van der Waals surface area contributed by atoms with Crippen LogP contribution in [0.5, 0.6) is 0 Å². The van der Waals surface area contributed by atoms with Gasteiger partial charge in [0, 0.05) is 12.6 Å². The highest BCUT2D eigenvalue weighted by Crippen LogP contribution is 2.38. The van der Waals surface area contributed by atoms with E-state index < -0.39 is 0 Å². The standard InChI is InChI=1S/C17H30ClN3/c1-5-13-7-8-14(11-19-6-2)15(9-13)10-16-12(3)20-21(4)17(16)18/h13-15,19H,5-11H2,1-4H3. The molecule has 0 amide bonds. The quantitative estimate of drug-likeness (QED) is 0.861. The van der Waals surface area contributed by atoms with Gasteiger partial charge in [-0.25, -0.2) is 0 Å². The van der Waals surface area contributed by atoms with Gasteiger partial charge in [-0.2, -0.15) is 5.10 Å². The highest BCUT2D eigenvalue weighted by atomic mass is 35.5.